The molecular formula is C18H22ClNO3. The summed E-state index contributed by atoms with van der Waals surface area (Å²) in [5.41, 5.74) is 0. The lowest BCUT2D eigenvalue weighted by Crippen LogP contribution is -2.23. The molecule has 0 spiro atoms. The van der Waals surface area contributed by atoms with Crippen LogP contribution in [0, 0.1) is 0 Å². The lowest BCUT2D eigenvalue weighted by molar-refractivity contribution is 0.0921. The van der Waals surface area contributed by atoms with E-state index in [4.69, 9.17) is 20.8 Å². The number of benzene rings is 1. The highest BCUT2D eigenvalue weighted by molar-refractivity contribution is 6.30. The number of rotatable bonds is 9. The summed E-state index contributed by atoms with van der Waals surface area (Å²) in [5, 5.41) is 3.48. The molecule has 0 bridgehead atoms. The highest BCUT2D eigenvalue weighted by Gasteiger charge is 2.11. The van der Waals surface area contributed by atoms with Crippen LogP contribution in [0.15, 0.2) is 40.8 Å². The maximum absolute atomic E-state index is 11.9. The number of hydrogen-bond donors (Lipinski definition) is 1. The lowest BCUT2D eigenvalue weighted by atomic mass is 10.2. The molecule has 2 aromatic rings. The van der Waals surface area contributed by atoms with Gasteiger partial charge in [0.2, 0.25) is 0 Å². The van der Waals surface area contributed by atoms with Crippen molar-refractivity contribution in [2.45, 2.75) is 39.2 Å². The van der Waals surface area contributed by atoms with E-state index in [9.17, 15) is 4.79 Å². The van der Waals surface area contributed by atoms with E-state index in [-0.39, 0.29) is 12.5 Å². The van der Waals surface area contributed by atoms with Crippen molar-refractivity contribution in [2.75, 3.05) is 6.54 Å². The lowest BCUT2D eigenvalue weighted by Gasteiger charge is -2.04. The van der Waals surface area contributed by atoms with Gasteiger partial charge in [-0.25, -0.2) is 0 Å². The summed E-state index contributed by atoms with van der Waals surface area (Å²) in [5.74, 6) is 1.39. The van der Waals surface area contributed by atoms with Crippen molar-refractivity contribution in [3.8, 4) is 5.75 Å². The van der Waals surface area contributed by atoms with E-state index in [2.05, 4.69) is 12.2 Å². The van der Waals surface area contributed by atoms with Crippen LogP contribution in [0.25, 0.3) is 0 Å². The fourth-order valence-electron chi connectivity index (χ4n) is 2.13. The third kappa shape index (κ3) is 5.99. The summed E-state index contributed by atoms with van der Waals surface area (Å²) in [4.78, 5) is 11.9. The maximum atomic E-state index is 11.9. The standard InChI is InChI=1S/C18H22ClNO3/c1-2-3-4-5-11-20-18(21)17-10-9-16(23-17)13-22-15-8-6-7-14(19)12-15/h6-10,12H,2-5,11,13H2,1H3,(H,20,21). The predicted molar refractivity (Wildman–Crippen MR) is 91.0 cm³/mol. The summed E-state index contributed by atoms with van der Waals surface area (Å²) in [6, 6.07) is 10.6. The molecule has 5 heteroatoms. The number of ether oxygens (including phenoxy) is 1. The van der Waals surface area contributed by atoms with Crippen molar-refractivity contribution in [1.29, 1.82) is 0 Å². The number of halogens is 1. The molecular weight excluding hydrogens is 314 g/mol. The summed E-state index contributed by atoms with van der Waals surface area (Å²) >= 11 is 5.90. The van der Waals surface area contributed by atoms with E-state index in [1.807, 2.05) is 12.1 Å². The second-order valence-electron chi connectivity index (χ2n) is 5.33. The first kappa shape index (κ1) is 17.4. The van der Waals surface area contributed by atoms with Crippen LogP contribution in [0.1, 0.15) is 48.9 Å². The molecule has 2 rings (SSSR count). The molecule has 0 unspecified atom stereocenters. The predicted octanol–water partition coefficient (Wildman–Crippen LogP) is 4.82. The number of amides is 1. The van der Waals surface area contributed by atoms with Crippen molar-refractivity contribution in [3.05, 3.63) is 52.9 Å². The van der Waals surface area contributed by atoms with Crippen LogP contribution in [-0.4, -0.2) is 12.5 Å². The molecule has 1 amide bonds. The number of furan rings is 1. The number of carbonyl (C=O) groups excluding carboxylic acids is 1. The Kier molecular flexibility index (Phi) is 7.01. The molecule has 1 heterocycles. The van der Waals surface area contributed by atoms with Crippen LogP contribution in [-0.2, 0) is 6.61 Å². The number of nitrogens with one attached hydrogen (secondary N) is 1. The second-order valence-corrected chi connectivity index (χ2v) is 5.77. The molecule has 23 heavy (non-hydrogen) atoms. The largest absolute Gasteiger partial charge is 0.486 e. The molecule has 0 fully saturated rings. The number of hydrogen-bond acceptors (Lipinski definition) is 3. The van der Waals surface area contributed by atoms with E-state index in [1.54, 1.807) is 24.3 Å². The van der Waals surface area contributed by atoms with Crippen LogP contribution in [0.2, 0.25) is 5.02 Å². The third-order valence-corrected chi connectivity index (χ3v) is 3.61. The first-order chi connectivity index (χ1) is 11.2. The van der Waals surface area contributed by atoms with Crippen LogP contribution < -0.4 is 10.1 Å². The molecule has 0 saturated heterocycles. The SMILES string of the molecule is CCCCCCNC(=O)c1ccc(COc2cccc(Cl)c2)o1. The van der Waals surface area contributed by atoms with Gasteiger partial charge in [0.25, 0.3) is 5.91 Å². The molecule has 1 N–H and O–H groups in total. The first-order valence-corrected chi connectivity index (χ1v) is 8.32. The molecule has 1 aromatic carbocycles. The fraction of sp³-hybridized carbons (Fsp3) is 0.389. The minimum Gasteiger partial charge on any atom is -0.486 e. The van der Waals surface area contributed by atoms with Gasteiger partial charge < -0.3 is 14.5 Å². The van der Waals surface area contributed by atoms with Gasteiger partial charge in [0.15, 0.2) is 5.76 Å². The summed E-state index contributed by atoms with van der Waals surface area (Å²) in [6.07, 6.45) is 4.50. The van der Waals surface area contributed by atoms with Crippen molar-refractivity contribution >= 4 is 17.5 Å². The Morgan fingerprint density at radius 2 is 2.09 bits per heavy atom. The summed E-state index contributed by atoms with van der Waals surface area (Å²) in [6.45, 7) is 3.09. The Labute approximate surface area is 141 Å². The van der Waals surface area contributed by atoms with Crippen molar-refractivity contribution in [2.24, 2.45) is 0 Å². The Hall–Kier alpha value is -1.94. The Morgan fingerprint density at radius 3 is 2.87 bits per heavy atom. The van der Waals surface area contributed by atoms with E-state index in [1.165, 1.54) is 12.8 Å². The van der Waals surface area contributed by atoms with Crippen molar-refractivity contribution in [3.63, 3.8) is 0 Å². The smallest absolute Gasteiger partial charge is 0.286 e. The van der Waals surface area contributed by atoms with Gasteiger partial charge in [-0.2, -0.15) is 0 Å². The van der Waals surface area contributed by atoms with Crippen molar-refractivity contribution < 1.29 is 13.9 Å². The Balaban J connectivity index is 1.77. The van der Waals surface area contributed by atoms with Crippen LogP contribution in [0.4, 0.5) is 0 Å². The maximum Gasteiger partial charge on any atom is 0.286 e. The molecule has 0 saturated carbocycles. The molecule has 0 radical (unpaired) electrons. The molecule has 124 valence electrons. The first-order valence-electron chi connectivity index (χ1n) is 7.94. The van der Waals surface area contributed by atoms with E-state index in [0.29, 0.717) is 28.8 Å². The molecule has 1 aromatic heterocycles. The molecule has 0 aliphatic heterocycles. The highest BCUT2D eigenvalue weighted by Crippen LogP contribution is 2.19. The van der Waals surface area contributed by atoms with Gasteiger partial charge in [0.05, 0.1) is 0 Å². The fourth-order valence-corrected chi connectivity index (χ4v) is 2.31. The summed E-state index contributed by atoms with van der Waals surface area (Å²) < 4.78 is 11.1. The zero-order valence-electron chi connectivity index (χ0n) is 13.3. The van der Waals surface area contributed by atoms with Gasteiger partial charge in [-0.3, -0.25) is 4.79 Å². The minimum atomic E-state index is -0.185. The summed E-state index contributed by atoms with van der Waals surface area (Å²) in [7, 11) is 0. The quantitative estimate of drug-likeness (QED) is 0.668. The van der Waals surface area contributed by atoms with Gasteiger partial charge in [-0.1, -0.05) is 43.9 Å². The number of unbranched alkanes of at least 4 members (excludes halogenated alkanes) is 3. The molecule has 0 aliphatic carbocycles. The third-order valence-electron chi connectivity index (χ3n) is 3.38. The van der Waals surface area contributed by atoms with E-state index >= 15 is 0 Å². The van der Waals surface area contributed by atoms with Crippen LogP contribution in [0.5, 0.6) is 5.75 Å². The minimum absolute atomic E-state index is 0.185. The van der Waals surface area contributed by atoms with Gasteiger partial charge >= 0.3 is 0 Å². The average Bonchev–Trinajstić information content (AvgIpc) is 3.02. The molecule has 0 atom stereocenters. The van der Waals surface area contributed by atoms with Gasteiger partial charge in [-0.05, 0) is 36.8 Å². The van der Waals surface area contributed by atoms with Gasteiger partial charge in [0.1, 0.15) is 18.1 Å². The van der Waals surface area contributed by atoms with Gasteiger partial charge in [-0.15, -0.1) is 0 Å². The van der Waals surface area contributed by atoms with Gasteiger partial charge in [0, 0.05) is 11.6 Å². The topological polar surface area (TPSA) is 51.5 Å². The average molecular weight is 336 g/mol. The second kappa shape index (κ2) is 9.26. The monoisotopic (exact) mass is 335 g/mol. The van der Waals surface area contributed by atoms with Crippen LogP contribution >= 0.6 is 11.6 Å². The Morgan fingerprint density at radius 1 is 1.22 bits per heavy atom. The molecule has 4 nitrogen and oxygen atoms in total. The normalized spacial score (nSPS) is 10.5. The zero-order valence-corrected chi connectivity index (χ0v) is 14.1. The molecule has 0 aliphatic rings. The Bertz CT molecular complexity index is 624. The zero-order chi connectivity index (χ0) is 16.5. The van der Waals surface area contributed by atoms with Crippen LogP contribution in [0.3, 0.4) is 0 Å². The van der Waals surface area contributed by atoms with E-state index < -0.39 is 0 Å². The highest BCUT2D eigenvalue weighted by atomic mass is 35.5. The number of carbonyl (C=O) groups is 1. The van der Waals surface area contributed by atoms with Crippen molar-refractivity contribution in [1.82, 2.24) is 5.32 Å². The van der Waals surface area contributed by atoms with E-state index in [0.717, 1.165) is 12.8 Å².